The predicted octanol–water partition coefficient (Wildman–Crippen LogP) is 3.53. The number of nitrogens with one attached hydrogen (secondary N) is 1. The zero-order chi connectivity index (χ0) is 18.7. The molecular formula is C20H19ClN2O3. The number of amides is 2. The largest absolute Gasteiger partial charge is 0.337 e. The van der Waals surface area contributed by atoms with E-state index in [2.05, 4.69) is 5.32 Å². The molecule has 2 aromatic carbocycles. The molecule has 0 unspecified atom stereocenters. The number of benzene rings is 2. The van der Waals surface area contributed by atoms with Gasteiger partial charge >= 0.3 is 0 Å². The molecule has 0 bridgehead atoms. The number of carbonyl (C=O) groups is 3. The van der Waals surface area contributed by atoms with Gasteiger partial charge in [-0.05, 0) is 42.8 Å². The average Bonchev–Trinajstić information content (AvgIpc) is 2.98. The van der Waals surface area contributed by atoms with E-state index in [-0.39, 0.29) is 24.0 Å². The minimum Gasteiger partial charge on any atom is -0.337 e. The zero-order valence-electron chi connectivity index (χ0n) is 14.4. The summed E-state index contributed by atoms with van der Waals surface area (Å²) in [6.07, 6.45) is 0.182. The van der Waals surface area contributed by atoms with Crippen LogP contribution in [0.15, 0.2) is 48.5 Å². The van der Waals surface area contributed by atoms with Crippen molar-refractivity contribution in [3.05, 3.63) is 64.7 Å². The molecule has 1 atom stereocenters. The summed E-state index contributed by atoms with van der Waals surface area (Å²) >= 11 is 6.15. The maximum atomic E-state index is 12.5. The third-order valence-corrected chi connectivity index (χ3v) is 4.83. The summed E-state index contributed by atoms with van der Waals surface area (Å²) in [7, 11) is 0. The lowest BCUT2D eigenvalue weighted by molar-refractivity contribution is -0.128. The van der Waals surface area contributed by atoms with Gasteiger partial charge in [-0.1, -0.05) is 29.8 Å². The molecule has 0 saturated carbocycles. The molecule has 1 aliphatic rings. The number of likely N-dealkylation sites (tertiary alicyclic amines) is 1. The Morgan fingerprint density at radius 1 is 1.15 bits per heavy atom. The first kappa shape index (κ1) is 18.1. The second kappa shape index (κ2) is 7.70. The zero-order valence-corrected chi connectivity index (χ0v) is 15.1. The van der Waals surface area contributed by atoms with Gasteiger partial charge in [0.25, 0.3) is 0 Å². The van der Waals surface area contributed by atoms with E-state index >= 15 is 0 Å². The fourth-order valence-electron chi connectivity index (χ4n) is 2.97. The van der Waals surface area contributed by atoms with E-state index < -0.39 is 5.92 Å². The summed E-state index contributed by atoms with van der Waals surface area (Å²) in [5.41, 5.74) is 2.06. The molecular weight excluding hydrogens is 352 g/mol. The first-order valence-corrected chi connectivity index (χ1v) is 8.75. The van der Waals surface area contributed by atoms with Gasteiger partial charge < -0.3 is 10.2 Å². The number of carbonyl (C=O) groups excluding carboxylic acids is 3. The fraction of sp³-hybridized carbons (Fsp3) is 0.250. The number of rotatable bonds is 5. The number of Topliss-reactive ketones (excluding diaryl/α,β-unsaturated/α-hetero) is 1. The Balaban J connectivity index is 1.61. The van der Waals surface area contributed by atoms with E-state index in [0.29, 0.717) is 29.4 Å². The maximum Gasteiger partial charge on any atom is 0.229 e. The fourth-order valence-corrected chi connectivity index (χ4v) is 3.16. The molecule has 1 fully saturated rings. The van der Waals surface area contributed by atoms with E-state index in [1.807, 2.05) is 18.2 Å². The van der Waals surface area contributed by atoms with Gasteiger partial charge in [-0.2, -0.15) is 0 Å². The number of nitrogens with zero attached hydrogens (tertiary/aromatic N) is 1. The summed E-state index contributed by atoms with van der Waals surface area (Å²) in [6, 6.07) is 14.1. The number of hydrogen-bond acceptors (Lipinski definition) is 3. The topological polar surface area (TPSA) is 66.5 Å². The molecule has 0 radical (unpaired) electrons. The minimum absolute atomic E-state index is 0.0283. The van der Waals surface area contributed by atoms with Gasteiger partial charge in [-0.3, -0.25) is 14.4 Å². The SMILES string of the molecule is CC(=O)c1ccc(NC(=O)[C@H]2CC(=O)N(Cc3ccccc3Cl)C2)cc1. The van der Waals surface area contributed by atoms with E-state index in [1.165, 1.54) is 6.92 Å². The second-order valence-corrected chi connectivity index (χ2v) is 6.80. The second-order valence-electron chi connectivity index (χ2n) is 6.39. The van der Waals surface area contributed by atoms with Crippen LogP contribution in [0.1, 0.15) is 29.3 Å². The summed E-state index contributed by atoms with van der Waals surface area (Å²) in [5.74, 6) is -0.690. The van der Waals surface area contributed by atoms with Crippen LogP contribution < -0.4 is 5.32 Å². The van der Waals surface area contributed by atoms with Crippen LogP contribution >= 0.6 is 11.6 Å². The van der Waals surface area contributed by atoms with E-state index in [9.17, 15) is 14.4 Å². The highest BCUT2D eigenvalue weighted by Crippen LogP contribution is 2.24. The molecule has 26 heavy (non-hydrogen) atoms. The highest BCUT2D eigenvalue weighted by Gasteiger charge is 2.34. The third-order valence-electron chi connectivity index (χ3n) is 4.46. The summed E-state index contributed by atoms with van der Waals surface area (Å²) in [5, 5.41) is 3.42. The normalized spacial score (nSPS) is 16.6. The molecule has 0 aliphatic carbocycles. The van der Waals surface area contributed by atoms with Gasteiger partial charge in [0.1, 0.15) is 0 Å². The molecule has 1 N–H and O–H groups in total. The van der Waals surface area contributed by atoms with Crippen molar-refractivity contribution in [2.75, 3.05) is 11.9 Å². The molecule has 0 spiro atoms. The van der Waals surface area contributed by atoms with E-state index in [1.54, 1.807) is 35.2 Å². The Kier molecular flexibility index (Phi) is 5.38. The van der Waals surface area contributed by atoms with Gasteiger partial charge in [-0.25, -0.2) is 0 Å². The van der Waals surface area contributed by atoms with Gasteiger partial charge in [0.15, 0.2) is 5.78 Å². The van der Waals surface area contributed by atoms with Crippen molar-refractivity contribution in [2.45, 2.75) is 19.9 Å². The lowest BCUT2D eigenvalue weighted by Gasteiger charge is -2.17. The first-order chi connectivity index (χ1) is 12.4. The van der Waals surface area contributed by atoms with Crippen LogP contribution in [-0.2, 0) is 16.1 Å². The Morgan fingerprint density at radius 2 is 1.85 bits per heavy atom. The molecule has 2 aromatic rings. The van der Waals surface area contributed by atoms with Crippen LogP contribution in [0.3, 0.4) is 0 Å². The lowest BCUT2D eigenvalue weighted by atomic mass is 10.1. The molecule has 1 heterocycles. The Morgan fingerprint density at radius 3 is 2.50 bits per heavy atom. The van der Waals surface area contributed by atoms with Crippen LogP contribution in [0.2, 0.25) is 5.02 Å². The Hall–Kier alpha value is -2.66. The van der Waals surface area contributed by atoms with E-state index in [0.717, 1.165) is 5.56 Å². The number of ketones is 1. The van der Waals surface area contributed by atoms with Crippen molar-refractivity contribution in [1.82, 2.24) is 4.90 Å². The molecule has 3 rings (SSSR count). The predicted molar refractivity (Wildman–Crippen MR) is 100 cm³/mol. The highest BCUT2D eigenvalue weighted by molar-refractivity contribution is 6.31. The van der Waals surface area contributed by atoms with Crippen molar-refractivity contribution < 1.29 is 14.4 Å². The number of anilines is 1. The molecule has 134 valence electrons. The molecule has 0 aromatic heterocycles. The summed E-state index contributed by atoms with van der Waals surface area (Å²) in [6.45, 7) is 2.25. The minimum atomic E-state index is -0.405. The quantitative estimate of drug-likeness (QED) is 0.819. The molecule has 6 heteroatoms. The standard InChI is InChI=1S/C20H19ClN2O3/c1-13(24)14-6-8-17(9-7-14)22-20(26)16-10-19(25)23(12-16)11-15-4-2-3-5-18(15)21/h2-9,16H,10-12H2,1H3,(H,22,26)/t16-/m0/s1. The Bertz CT molecular complexity index is 848. The molecule has 1 aliphatic heterocycles. The number of hydrogen-bond donors (Lipinski definition) is 1. The maximum absolute atomic E-state index is 12.5. The van der Waals surface area contributed by atoms with Crippen molar-refractivity contribution in [2.24, 2.45) is 5.92 Å². The molecule has 2 amide bonds. The van der Waals surface area contributed by atoms with Gasteiger partial charge in [0, 0.05) is 35.8 Å². The van der Waals surface area contributed by atoms with Crippen molar-refractivity contribution in [1.29, 1.82) is 0 Å². The Labute approximate surface area is 156 Å². The van der Waals surface area contributed by atoms with Crippen molar-refractivity contribution in [3.8, 4) is 0 Å². The van der Waals surface area contributed by atoms with E-state index in [4.69, 9.17) is 11.6 Å². The average molecular weight is 371 g/mol. The van der Waals surface area contributed by atoms with Gasteiger partial charge in [0.05, 0.1) is 5.92 Å². The summed E-state index contributed by atoms with van der Waals surface area (Å²) < 4.78 is 0. The monoisotopic (exact) mass is 370 g/mol. The van der Waals surface area contributed by atoms with Crippen molar-refractivity contribution in [3.63, 3.8) is 0 Å². The van der Waals surface area contributed by atoms with Crippen LogP contribution in [0.5, 0.6) is 0 Å². The van der Waals surface area contributed by atoms with Gasteiger partial charge in [0.2, 0.25) is 11.8 Å². The van der Waals surface area contributed by atoms with Crippen LogP contribution in [0.4, 0.5) is 5.69 Å². The smallest absolute Gasteiger partial charge is 0.229 e. The van der Waals surface area contributed by atoms with Crippen molar-refractivity contribution >= 4 is 34.9 Å². The third kappa shape index (κ3) is 4.11. The highest BCUT2D eigenvalue weighted by atomic mass is 35.5. The summed E-state index contributed by atoms with van der Waals surface area (Å²) in [4.78, 5) is 37.7. The van der Waals surface area contributed by atoms with Crippen LogP contribution in [0.25, 0.3) is 0 Å². The molecule has 1 saturated heterocycles. The van der Waals surface area contributed by atoms with Crippen LogP contribution in [0, 0.1) is 5.92 Å². The molecule has 5 nitrogen and oxygen atoms in total. The van der Waals surface area contributed by atoms with Gasteiger partial charge in [-0.15, -0.1) is 0 Å². The lowest BCUT2D eigenvalue weighted by Crippen LogP contribution is -2.28. The first-order valence-electron chi connectivity index (χ1n) is 8.37. The number of halogens is 1. The van der Waals surface area contributed by atoms with Crippen LogP contribution in [-0.4, -0.2) is 29.0 Å².